The zero-order chi connectivity index (χ0) is 19.6. The molecule has 146 valence electrons. The van der Waals surface area contributed by atoms with Crippen LogP contribution in [0, 0.1) is 26.7 Å². The number of aromatic nitrogens is 2. The SMILES string of the molecule is Cc1cccc(CN(C(=O)CCc2c(C)nn(CC(C)C)c2C)C2CC2)c1. The summed E-state index contributed by atoms with van der Waals surface area (Å²) in [4.78, 5) is 15.1. The molecule has 27 heavy (non-hydrogen) atoms. The molecule has 1 aromatic heterocycles. The van der Waals surface area contributed by atoms with E-state index in [2.05, 4.69) is 73.6 Å². The van der Waals surface area contributed by atoms with Crippen molar-refractivity contribution in [1.29, 1.82) is 0 Å². The Hall–Kier alpha value is -2.10. The van der Waals surface area contributed by atoms with Crippen molar-refractivity contribution in [2.24, 2.45) is 5.92 Å². The van der Waals surface area contributed by atoms with Crippen LogP contribution in [0.4, 0.5) is 0 Å². The zero-order valence-corrected chi connectivity index (χ0v) is 17.5. The van der Waals surface area contributed by atoms with E-state index in [1.165, 1.54) is 22.4 Å². The highest BCUT2D eigenvalue weighted by molar-refractivity contribution is 5.77. The van der Waals surface area contributed by atoms with Crippen LogP contribution in [0.1, 0.15) is 61.2 Å². The molecule has 0 atom stereocenters. The molecule has 1 aliphatic carbocycles. The van der Waals surface area contributed by atoms with Crippen molar-refractivity contribution >= 4 is 5.91 Å². The highest BCUT2D eigenvalue weighted by atomic mass is 16.2. The average Bonchev–Trinajstić information content (AvgIpc) is 3.39. The smallest absolute Gasteiger partial charge is 0.223 e. The predicted octanol–water partition coefficient (Wildman–Crippen LogP) is 4.59. The first-order valence-electron chi connectivity index (χ1n) is 10.2. The van der Waals surface area contributed by atoms with E-state index < -0.39 is 0 Å². The second kappa shape index (κ2) is 8.28. The largest absolute Gasteiger partial charge is 0.335 e. The number of benzene rings is 1. The van der Waals surface area contributed by atoms with Crippen LogP contribution in [0.5, 0.6) is 0 Å². The molecule has 1 aliphatic rings. The van der Waals surface area contributed by atoms with E-state index >= 15 is 0 Å². The molecule has 4 nitrogen and oxygen atoms in total. The highest BCUT2D eigenvalue weighted by Gasteiger charge is 2.32. The van der Waals surface area contributed by atoms with Gasteiger partial charge in [0.1, 0.15) is 0 Å². The van der Waals surface area contributed by atoms with E-state index in [-0.39, 0.29) is 5.91 Å². The molecule has 0 saturated heterocycles. The van der Waals surface area contributed by atoms with Gasteiger partial charge in [0.05, 0.1) is 5.69 Å². The summed E-state index contributed by atoms with van der Waals surface area (Å²) in [5.74, 6) is 0.839. The molecule has 1 aromatic carbocycles. The summed E-state index contributed by atoms with van der Waals surface area (Å²) in [5, 5.41) is 4.69. The van der Waals surface area contributed by atoms with Crippen LogP contribution in [0.15, 0.2) is 24.3 Å². The molecular weight excluding hydrogens is 334 g/mol. The normalized spacial score (nSPS) is 14.0. The molecule has 0 radical (unpaired) electrons. The van der Waals surface area contributed by atoms with Crippen molar-refractivity contribution in [3.05, 3.63) is 52.3 Å². The molecule has 0 N–H and O–H groups in total. The number of amides is 1. The molecule has 1 amide bonds. The third kappa shape index (κ3) is 5.00. The molecule has 4 heteroatoms. The van der Waals surface area contributed by atoms with Gasteiger partial charge in [-0.2, -0.15) is 5.10 Å². The summed E-state index contributed by atoms with van der Waals surface area (Å²) in [7, 11) is 0. The monoisotopic (exact) mass is 367 g/mol. The molecule has 2 aromatic rings. The van der Waals surface area contributed by atoms with Gasteiger partial charge in [0, 0.05) is 31.2 Å². The van der Waals surface area contributed by atoms with Crippen LogP contribution >= 0.6 is 0 Å². The number of aryl methyl sites for hydroxylation is 2. The Kier molecular flexibility index (Phi) is 6.03. The van der Waals surface area contributed by atoms with Gasteiger partial charge in [-0.05, 0) is 57.1 Å². The Balaban J connectivity index is 1.66. The van der Waals surface area contributed by atoms with Crippen molar-refractivity contribution in [3.63, 3.8) is 0 Å². The molecule has 0 aliphatic heterocycles. The first-order valence-corrected chi connectivity index (χ1v) is 10.2. The molecule has 0 bridgehead atoms. The van der Waals surface area contributed by atoms with E-state index in [4.69, 9.17) is 0 Å². The van der Waals surface area contributed by atoms with Gasteiger partial charge in [0.25, 0.3) is 0 Å². The summed E-state index contributed by atoms with van der Waals surface area (Å²) >= 11 is 0. The third-order valence-electron chi connectivity index (χ3n) is 5.40. The van der Waals surface area contributed by atoms with E-state index in [9.17, 15) is 4.79 Å². The van der Waals surface area contributed by atoms with Crippen molar-refractivity contribution < 1.29 is 4.79 Å². The fraction of sp³-hybridized carbons (Fsp3) is 0.565. The van der Waals surface area contributed by atoms with Crippen molar-refractivity contribution in [1.82, 2.24) is 14.7 Å². The molecule has 1 saturated carbocycles. The van der Waals surface area contributed by atoms with Crippen molar-refractivity contribution in [3.8, 4) is 0 Å². The van der Waals surface area contributed by atoms with Gasteiger partial charge in [0.2, 0.25) is 5.91 Å². The van der Waals surface area contributed by atoms with Gasteiger partial charge < -0.3 is 4.90 Å². The van der Waals surface area contributed by atoms with Gasteiger partial charge in [-0.15, -0.1) is 0 Å². The number of hydrogen-bond acceptors (Lipinski definition) is 2. The Morgan fingerprint density at radius 2 is 2.00 bits per heavy atom. The maximum atomic E-state index is 13.0. The van der Waals surface area contributed by atoms with Crippen LogP contribution in [0.3, 0.4) is 0 Å². The lowest BCUT2D eigenvalue weighted by Crippen LogP contribution is -2.32. The van der Waals surface area contributed by atoms with Crippen molar-refractivity contribution in [2.45, 2.75) is 79.4 Å². The van der Waals surface area contributed by atoms with Gasteiger partial charge in [-0.1, -0.05) is 43.7 Å². The lowest BCUT2D eigenvalue weighted by Gasteiger charge is -2.23. The van der Waals surface area contributed by atoms with Gasteiger partial charge in [0.15, 0.2) is 0 Å². The quantitative estimate of drug-likeness (QED) is 0.684. The number of hydrogen-bond donors (Lipinski definition) is 0. The zero-order valence-electron chi connectivity index (χ0n) is 17.5. The van der Waals surface area contributed by atoms with E-state index in [0.717, 1.165) is 38.0 Å². The minimum Gasteiger partial charge on any atom is -0.335 e. The Morgan fingerprint density at radius 3 is 2.63 bits per heavy atom. The Bertz CT molecular complexity index is 802. The van der Waals surface area contributed by atoms with Crippen LogP contribution in [-0.4, -0.2) is 26.6 Å². The summed E-state index contributed by atoms with van der Waals surface area (Å²) in [6, 6.07) is 8.93. The fourth-order valence-electron chi connectivity index (χ4n) is 3.81. The van der Waals surface area contributed by atoms with Crippen LogP contribution < -0.4 is 0 Å². The maximum absolute atomic E-state index is 13.0. The predicted molar refractivity (Wildman–Crippen MR) is 110 cm³/mol. The van der Waals surface area contributed by atoms with E-state index in [1.54, 1.807) is 0 Å². The van der Waals surface area contributed by atoms with Gasteiger partial charge in [-0.3, -0.25) is 9.48 Å². The summed E-state index contributed by atoms with van der Waals surface area (Å²) < 4.78 is 2.10. The number of carbonyl (C=O) groups is 1. The molecule has 3 rings (SSSR count). The molecule has 1 fully saturated rings. The standard InChI is InChI=1S/C23H33N3O/c1-16(2)14-26-19(5)22(18(4)24-26)11-12-23(27)25(21-9-10-21)15-20-8-6-7-17(3)13-20/h6-8,13,16,21H,9-12,14-15H2,1-5H3. The Morgan fingerprint density at radius 1 is 1.26 bits per heavy atom. The second-order valence-corrected chi connectivity index (χ2v) is 8.47. The first-order chi connectivity index (χ1) is 12.8. The Labute approximate surface area is 163 Å². The molecule has 0 spiro atoms. The maximum Gasteiger partial charge on any atom is 0.223 e. The van der Waals surface area contributed by atoms with E-state index in [1.807, 2.05) is 0 Å². The van der Waals surface area contributed by atoms with Crippen LogP contribution in [0.25, 0.3) is 0 Å². The highest BCUT2D eigenvalue weighted by Crippen LogP contribution is 2.29. The molecule has 1 heterocycles. The molecule has 0 unspecified atom stereocenters. The third-order valence-corrected chi connectivity index (χ3v) is 5.40. The van der Waals surface area contributed by atoms with Gasteiger partial charge in [-0.25, -0.2) is 0 Å². The molecular formula is C23H33N3O. The minimum atomic E-state index is 0.273. The number of carbonyl (C=O) groups excluding carboxylic acids is 1. The van der Waals surface area contributed by atoms with E-state index in [0.29, 0.717) is 18.4 Å². The minimum absolute atomic E-state index is 0.273. The van der Waals surface area contributed by atoms with Crippen LogP contribution in [0.2, 0.25) is 0 Å². The fourth-order valence-corrected chi connectivity index (χ4v) is 3.81. The summed E-state index contributed by atoms with van der Waals surface area (Å²) in [6.07, 6.45) is 3.63. The topological polar surface area (TPSA) is 38.1 Å². The second-order valence-electron chi connectivity index (χ2n) is 8.47. The average molecular weight is 368 g/mol. The van der Waals surface area contributed by atoms with Crippen LogP contribution in [-0.2, 0) is 24.3 Å². The number of rotatable bonds is 8. The lowest BCUT2D eigenvalue weighted by molar-refractivity contribution is -0.132. The van der Waals surface area contributed by atoms with Gasteiger partial charge >= 0.3 is 0 Å². The van der Waals surface area contributed by atoms with Crippen molar-refractivity contribution in [2.75, 3.05) is 0 Å². The first kappa shape index (κ1) is 19.7. The summed E-state index contributed by atoms with van der Waals surface area (Å²) in [5.41, 5.74) is 6.01. The number of nitrogens with zero attached hydrogens (tertiary/aromatic N) is 3. The lowest BCUT2D eigenvalue weighted by atomic mass is 10.1. The summed E-state index contributed by atoms with van der Waals surface area (Å²) in [6.45, 7) is 12.4.